The highest BCUT2D eigenvalue weighted by Gasteiger charge is 2.08. The number of benzene rings is 1. The van der Waals surface area contributed by atoms with Crippen LogP contribution in [0.4, 0.5) is 0 Å². The van der Waals surface area contributed by atoms with Gasteiger partial charge in [-0.05, 0) is 19.0 Å². The van der Waals surface area contributed by atoms with Gasteiger partial charge in [0.2, 0.25) is 0 Å². The molecule has 4 nitrogen and oxygen atoms in total. The molecule has 1 aromatic heterocycles. The molecular weight excluding hydrogens is 244 g/mol. The number of nitrogens with zero attached hydrogens (tertiary/aromatic N) is 3. The fraction of sp³-hybridized carbons (Fsp3) is 0.385. The Labute approximate surface area is 112 Å². The van der Waals surface area contributed by atoms with Crippen molar-refractivity contribution in [1.29, 1.82) is 0 Å². The number of thioether (sulfide) groups is 1. The van der Waals surface area contributed by atoms with Crippen LogP contribution in [0, 0.1) is 6.92 Å². The normalized spacial score (nSPS) is 10.8. The summed E-state index contributed by atoms with van der Waals surface area (Å²) in [7, 11) is 1.99. The summed E-state index contributed by atoms with van der Waals surface area (Å²) >= 11 is 1.70. The van der Waals surface area contributed by atoms with Crippen LogP contribution in [0.1, 0.15) is 17.0 Å². The predicted octanol–water partition coefficient (Wildman–Crippen LogP) is 1.92. The smallest absolute Gasteiger partial charge is 0.191 e. The fourth-order valence-electron chi connectivity index (χ4n) is 1.65. The summed E-state index contributed by atoms with van der Waals surface area (Å²) in [5.74, 6) is 1.86. The number of nitrogens with two attached hydrogens (primary N) is 1. The molecule has 0 fully saturated rings. The predicted molar refractivity (Wildman–Crippen MR) is 74.5 cm³/mol. The Kier molecular flexibility index (Phi) is 4.38. The molecule has 0 bridgehead atoms. The van der Waals surface area contributed by atoms with Crippen LogP contribution < -0.4 is 5.73 Å². The van der Waals surface area contributed by atoms with E-state index in [1.54, 1.807) is 11.8 Å². The van der Waals surface area contributed by atoms with Gasteiger partial charge in [0.1, 0.15) is 5.82 Å². The lowest BCUT2D eigenvalue weighted by Crippen LogP contribution is -2.08. The Balaban J connectivity index is 1.99. The third-order valence-electron chi connectivity index (χ3n) is 2.78. The highest BCUT2D eigenvalue weighted by atomic mass is 32.2. The number of aromatic nitrogens is 3. The van der Waals surface area contributed by atoms with Crippen molar-refractivity contribution < 1.29 is 0 Å². The molecule has 0 unspecified atom stereocenters. The minimum atomic E-state index is 0.606. The zero-order valence-corrected chi connectivity index (χ0v) is 11.6. The van der Waals surface area contributed by atoms with Crippen LogP contribution in [0.25, 0.3) is 0 Å². The van der Waals surface area contributed by atoms with Gasteiger partial charge >= 0.3 is 0 Å². The van der Waals surface area contributed by atoms with Crippen LogP contribution in [-0.2, 0) is 19.2 Å². The molecule has 0 aliphatic heterocycles. The molecular formula is C13H18N4S. The van der Waals surface area contributed by atoms with E-state index in [2.05, 4.69) is 41.4 Å². The lowest BCUT2D eigenvalue weighted by molar-refractivity contribution is 0.727. The average molecular weight is 262 g/mol. The molecule has 2 aromatic rings. The molecule has 0 saturated heterocycles. The van der Waals surface area contributed by atoms with Crippen molar-refractivity contribution in [2.24, 2.45) is 12.8 Å². The summed E-state index contributed by atoms with van der Waals surface area (Å²) in [4.78, 5) is 0. The Bertz CT molecular complexity index is 504. The van der Waals surface area contributed by atoms with Gasteiger partial charge < -0.3 is 10.3 Å². The summed E-state index contributed by atoms with van der Waals surface area (Å²) < 4.78 is 2.02. The van der Waals surface area contributed by atoms with E-state index in [-0.39, 0.29) is 0 Å². The second-order valence-electron chi connectivity index (χ2n) is 4.27. The maximum atomic E-state index is 5.53. The number of aryl methyl sites for hydroxylation is 1. The molecule has 2 rings (SSSR count). The van der Waals surface area contributed by atoms with E-state index in [1.807, 2.05) is 11.6 Å². The average Bonchev–Trinajstić information content (AvgIpc) is 2.71. The number of hydrogen-bond acceptors (Lipinski definition) is 4. The quantitative estimate of drug-likeness (QED) is 0.836. The number of hydrogen-bond donors (Lipinski definition) is 1. The topological polar surface area (TPSA) is 56.7 Å². The van der Waals surface area contributed by atoms with Crippen molar-refractivity contribution in [2.45, 2.75) is 24.3 Å². The fourth-order valence-corrected chi connectivity index (χ4v) is 2.54. The molecule has 18 heavy (non-hydrogen) atoms. The van der Waals surface area contributed by atoms with Crippen LogP contribution in [0.5, 0.6) is 0 Å². The maximum absolute atomic E-state index is 5.53. The van der Waals surface area contributed by atoms with Crippen LogP contribution in [0.3, 0.4) is 0 Å². The third kappa shape index (κ3) is 3.11. The zero-order valence-electron chi connectivity index (χ0n) is 10.8. The van der Waals surface area contributed by atoms with Gasteiger partial charge in [-0.25, -0.2) is 0 Å². The lowest BCUT2D eigenvalue weighted by Gasteiger charge is -2.03. The first kappa shape index (κ1) is 13.1. The first-order chi connectivity index (χ1) is 8.70. The summed E-state index contributed by atoms with van der Waals surface area (Å²) in [5.41, 5.74) is 8.11. The summed E-state index contributed by atoms with van der Waals surface area (Å²) in [5, 5.41) is 9.27. The first-order valence-electron chi connectivity index (χ1n) is 5.97. The molecule has 0 aliphatic rings. The van der Waals surface area contributed by atoms with E-state index in [9.17, 15) is 0 Å². The van der Waals surface area contributed by atoms with E-state index < -0.39 is 0 Å². The Morgan fingerprint density at radius 1 is 1.22 bits per heavy atom. The number of rotatable bonds is 5. The first-order valence-corrected chi connectivity index (χ1v) is 6.96. The second kappa shape index (κ2) is 6.02. The molecule has 2 N–H and O–H groups in total. The van der Waals surface area contributed by atoms with Crippen LogP contribution >= 0.6 is 11.8 Å². The van der Waals surface area contributed by atoms with E-state index in [0.717, 1.165) is 23.2 Å². The van der Waals surface area contributed by atoms with Gasteiger partial charge in [0.05, 0.1) is 0 Å². The molecule has 0 radical (unpaired) electrons. The van der Waals surface area contributed by atoms with Crippen molar-refractivity contribution in [3.63, 3.8) is 0 Å². The van der Waals surface area contributed by atoms with E-state index in [4.69, 9.17) is 5.73 Å². The third-order valence-corrected chi connectivity index (χ3v) is 3.87. The molecule has 1 aromatic carbocycles. The Morgan fingerprint density at radius 3 is 2.61 bits per heavy atom. The van der Waals surface area contributed by atoms with E-state index in [1.165, 1.54) is 11.1 Å². The lowest BCUT2D eigenvalue weighted by atomic mass is 10.2. The van der Waals surface area contributed by atoms with Gasteiger partial charge in [-0.1, -0.05) is 41.6 Å². The summed E-state index contributed by atoms with van der Waals surface area (Å²) in [6.45, 7) is 2.70. The van der Waals surface area contributed by atoms with Crippen molar-refractivity contribution in [3.05, 3.63) is 41.2 Å². The van der Waals surface area contributed by atoms with Crippen molar-refractivity contribution in [1.82, 2.24) is 14.8 Å². The van der Waals surface area contributed by atoms with Crippen molar-refractivity contribution in [3.8, 4) is 0 Å². The van der Waals surface area contributed by atoms with E-state index >= 15 is 0 Å². The summed E-state index contributed by atoms with van der Waals surface area (Å²) in [6, 6.07) is 8.57. The van der Waals surface area contributed by atoms with Crippen LogP contribution in [0.15, 0.2) is 29.4 Å². The largest absolute Gasteiger partial charge is 0.330 e. The van der Waals surface area contributed by atoms with Gasteiger partial charge in [0.15, 0.2) is 5.16 Å². The zero-order chi connectivity index (χ0) is 13.0. The standard InChI is InChI=1S/C13H18N4S/c1-10-3-5-11(6-4-10)9-18-13-16-15-12(7-8-14)17(13)2/h3-6H,7-9,14H2,1-2H3. The maximum Gasteiger partial charge on any atom is 0.191 e. The second-order valence-corrected chi connectivity index (χ2v) is 5.21. The Morgan fingerprint density at radius 2 is 1.94 bits per heavy atom. The molecule has 0 atom stereocenters. The van der Waals surface area contributed by atoms with Crippen LogP contribution in [-0.4, -0.2) is 21.3 Å². The SMILES string of the molecule is Cc1ccc(CSc2nnc(CCN)n2C)cc1. The molecule has 5 heteroatoms. The molecule has 1 heterocycles. The van der Waals surface area contributed by atoms with E-state index in [0.29, 0.717) is 6.54 Å². The molecule has 96 valence electrons. The van der Waals surface area contributed by atoms with Gasteiger partial charge in [-0.3, -0.25) is 0 Å². The van der Waals surface area contributed by atoms with Crippen molar-refractivity contribution >= 4 is 11.8 Å². The van der Waals surface area contributed by atoms with Gasteiger partial charge in [-0.2, -0.15) is 0 Å². The highest BCUT2D eigenvalue weighted by Crippen LogP contribution is 2.21. The minimum absolute atomic E-state index is 0.606. The van der Waals surface area contributed by atoms with Gasteiger partial charge in [0.25, 0.3) is 0 Å². The van der Waals surface area contributed by atoms with Crippen molar-refractivity contribution in [2.75, 3.05) is 6.54 Å². The summed E-state index contributed by atoms with van der Waals surface area (Å²) in [6.07, 6.45) is 0.772. The van der Waals surface area contributed by atoms with Crippen LogP contribution in [0.2, 0.25) is 0 Å². The molecule has 0 saturated carbocycles. The molecule has 0 amide bonds. The molecule has 0 aliphatic carbocycles. The highest BCUT2D eigenvalue weighted by molar-refractivity contribution is 7.98. The monoisotopic (exact) mass is 262 g/mol. The van der Waals surface area contributed by atoms with Gasteiger partial charge in [0, 0.05) is 19.2 Å². The minimum Gasteiger partial charge on any atom is -0.330 e. The Hall–Kier alpha value is -1.33. The molecule has 0 spiro atoms. The van der Waals surface area contributed by atoms with Gasteiger partial charge in [-0.15, -0.1) is 10.2 Å².